The third kappa shape index (κ3) is 5.71. The highest BCUT2D eigenvalue weighted by molar-refractivity contribution is 7.71. The first-order chi connectivity index (χ1) is 11.9. The van der Waals surface area contributed by atoms with E-state index >= 15 is 0 Å². The van der Waals surface area contributed by atoms with Gasteiger partial charge >= 0.3 is 0 Å². The lowest BCUT2D eigenvalue weighted by Crippen LogP contribution is -2.14. The van der Waals surface area contributed by atoms with Gasteiger partial charge in [-0.1, -0.05) is 30.3 Å². The van der Waals surface area contributed by atoms with Gasteiger partial charge in [-0.2, -0.15) is 0 Å². The molecule has 0 aliphatic heterocycles. The van der Waals surface area contributed by atoms with Crippen LogP contribution in [0.5, 0.6) is 0 Å². The van der Waals surface area contributed by atoms with Crippen LogP contribution in [0.15, 0.2) is 41.4 Å². The summed E-state index contributed by atoms with van der Waals surface area (Å²) >= 11 is 0. The number of hydrogen-bond acceptors (Lipinski definition) is 3. The largest absolute Gasteiger partial charge is 0.366 e. The van der Waals surface area contributed by atoms with Crippen LogP contribution in [-0.2, 0) is 22.9 Å². The molecule has 0 amide bonds. The highest BCUT2D eigenvalue weighted by Crippen LogP contribution is 2.25. The van der Waals surface area contributed by atoms with E-state index in [1.165, 1.54) is 16.7 Å². The van der Waals surface area contributed by atoms with Gasteiger partial charge < -0.3 is 4.90 Å². The first-order valence-electron chi connectivity index (χ1n) is 8.43. The maximum atomic E-state index is 10.8. The summed E-state index contributed by atoms with van der Waals surface area (Å²) in [6.07, 6.45) is 2.69. The number of nitrogens with zero attached hydrogens (tertiary/aromatic N) is 2. The fraction of sp³-hybridized carbons (Fsp3) is 0.350. The Morgan fingerprint density at radius 3 is 2.28 bits per heavy atom. The summed E-state index contributed by atoms with van der Waals surface area (Å²) in [5.41, 5.74) is 6.64. The number of aryl methyl sites for hydroxylation is 2. The van der Waals surface area contributed by atoms with E-state index in [2.05, 4.69) is 37.9 Å². The number of hydrogen-bond donors (Lipinski definition) is 1. The van der Waals surface area contributed by atoms with Gasteiger partial charge in [0.15, 0.2) is 0 Å². The first-order valence-corrected chi connectivity index (χ1v) is 9.79. The molecule has 2 aromatic carbocycles. The summed E-state index contributed by atoms with van der Waals surface area (Å²) in [6, 6.07) is 12.1. The van der Waals surface area contributed by atoms with Crippen molar-refractivity contribution < 1.29 is 8.42 Å². The third-order valence-electron chi connectivity index (χ3n) is 4.28. The van der Waals surface area contributed by atoms with Gasteiger partial charge in [-0.15, -0.1) is 0 Å². The number of rotatable bonds is 7. The van der Waals surface area contributed by atoms with Gasteiger partial charge in [0.05, 0.1) is 17.8 Å². The van der Waals surface area contributed by atoms with Gasteiger partial charge in [-0.05, 0) is 61.1 Å². The molecule has 0 bridgehead atoms. The average molecular weight is 359 g/mol. The molecule has 0 radical (unpaired) electrons. The van der Waals surface area contributed by atoms with Crippen molar-refractivity contribution in [1.82, 2.24) is 4.90 Å². The second kappa shape index (κ2) is 8.81. The fourth-order valence-corrected chi connectivity index (χ4v) is 3.07. The zero-order valence-electron chi connectivity index (χ0n) is 15.3. The highest BCUT2D eigenvalue weighted by Gasteiger charge is 2.06. The topological polar surface area (TPSA) is 49.7 Å². The van der Waals surface area contributed by atoms with Crippen LogP contribution < -0.4 is 0 Å². The van der Waals surface area contributed by atoms with Crippen molar-refractivity contribution in [3.8, 4) is 0 Å². The van der Waals surface area contributed by atoms with Gasteiger partial charge in [0.25, 0.3) is 0 Å². The van der Waals surface area contributed by atoms with Crippen molar-refractivity contribution in [3.63, 3.8) is 0 Å². The predicted octanol–water partition coefficient (Wildman–Crippen LogP) is 3.62. The first kappa shape index (κ1) is 19.2. The number of aliphatic imine (C=N–C) groups is 1. The minimum Gasteiger partial charge on any atom is -0.366 e. The Morgan fingerprint density at radius 2 is 1.68 bits per heavy atom. The lowest BCUT2D eigenvalue weighted by atomic mass is 9.97. The lowest BCUT2D eigenvalue weighted by Gasteiger charge is -2.12. The van der Waals surface area contributed by atoms with E-state index in [9.17, 15) is 8.42 Å². The molecule has 5 heteroatoms. The Kier molecular flexibility index (Phi) is 6.76. The van der Waals surface area contributed by atoms with E-state index < -0.39 is 10.7 Å². The molecule has 0 saturated heterocycles. The molecule has 0 atom stereocenters. The van der Waals surface area contributed by atoms with Gasteiger partial charge in [0, 0.05) is 13.6 Å². The molecule has 0 aliphatic carbocycles. The SMILES string of the molecule is CCN(C)C=Nc1cc(C)c(Cc2ccc(C[SH](=O)=O)cc2)cc1C. The molecule has 0 aliphatic rings. The molecular weight excluding hydrogens is 332 g/mol. The molecule has 0 saturated carbocycles. The van der Waals surface area contributed by atoms with E-state index in [-0.39, 0.29) is 5.75 Å². The minimum absolute atomic E-state index is 0.104. The lowest BCUT2D eigenvalue weighted by molar-refractivity contribution is 0.552. The monoisotopic (exact) mass is 358 g/mol. The quantitative estimate of drug-likeness (QED) is 0.467. The standard InChI is InChI=1S/C20H26N2O2S/c1-5-22(4)14-21-20-11-15(2)19(10-16(20)3)12-17-6-8-18(9-7-17)13-25(23)24/h6-11,14,25H,5,12-13H2,1-4H3. The Bertz CT molecular complexity index is 816. The molecule has 0 spiro atoms. The van der Waals surface area contributed by atoms with Crippen LogP contribution >= 0.6 is 0 Å². The van der Waals surface area contributed by atoms with E-state index in [1.807, 2.05) is 42.6 Å². The van der Waals surface area contributed by atoms with E-state index in [0.717, 1.165) is 29.8 Å². The van der Waals surface area contributed by atoms with Gasteiger partial charge in [-0.25, -0.2) is 13.4 Å². The Morgan fingerprint density at radius 1 is 1.04 bits per heavy atom. The summed E-state index contributed by atoms with van der Waals surface area (Å²) in [5, 5.41) is 0. The van der Waals surface area contributed by atoms with Crippen molar-refractivity contribution >= 4 is 22.7 Å². The highest BCUT2D eigenvalue weighted by atomic mass is 32.2. The van der Waals surface area contributed by atoms with Crippen molar-refractivity contribution in [3.05, 3.63) is 64.2 Å². The van der Waals surface area contributed by atoms with Crippen LogP contribution in [0, 0.1) is 13.8 Å². The molecule has 25 heavy (non-hydrogen) atoms. The molecule has 134 valence electrons. The predicted molar refractivity (Wildman–Crippen MR) is 106 cm³/mol. The van der Waals surface area contributed by atoms with Crippen LogP contribution in [0.3, 0.4) is 0 Å². The third-order valence-corrected chi connectivity index (χ3v) is 4.90. The van der Waals surface area contributed by atoms with Crippen LogP contribution in [0.2, 0.25) is 0 Å². The molecule has 0 unspecified atom stereocenters. The molecule has 2 rings (SSSR count). The van der Waals surface area contributed by atoms with Crippen molar-refractivity contribution in [2.45, 2.75) is 32.9 Å². The summed E-state index contributed by atoms with van der Waals surface area (Å²) in [6.45, 7) is 7.20. The summed E-state index contributed by atoms with van der Waals surface area (Å²) < 4.78 is 21.6. The number of thiol groups is 1. The van der Waals surface area contributed by atoms with Crippen LogP contribution in [0.4, 0.5) is 5.69 Å². The van der Waals surface area contributed by atoms with Crippen molar-refractivity contribution in [2.75, 3.05) is 13.6 Å². The normalized spacial score (nSPS) is 11.4. The molecule has 0 heterocycles. The van der Waals surface area contributed by atoms with Crippen LogP contribution in [-0.4, -0.2) is 33.2 Å². The molecule has 0 fully saturated rings. The van der Waals surface area contributed by atoms with E-state index in [4.69, 9.17) is 0 Å². The van der Waals surface area contributed by atoms with Gasteiger partial charge in [0.2, 0.25) is 0 Å². The van der Waals surface area contributed by atoms with Crippen molar-refractivity contribution in [1.29, 1.82) is 0 Å². The second-order valence-corrected chi connectivity index (χ2v) is 7.35. The Hall–Kier alpha value is -2.14. The Labute approximate surface area is 152 Å². The van der Waals surface area contributed by atoms with Gasteiger partial charge in [0.1, 0.15) is 10.7 Å². The van der Waals surface area contributed by atoms with Crippen LogP contribution in [0.25, 0.3) is 0 Å². The maximum Gasteiger partial charge on any atom is 0.144 e. The average Bonchev–Trinajstić information content (AvgIpc) is 2.57. The molecule has 2 aromatic rings. The summed E-state index contributed by atoms with van der Waals surface area (Å²) in [4.78, 5) is 6.61. The molecular formula is C20H26N2O2S. The summed E-state index contributed by atoms with van der Waals surface area (Å²) in [5.74, 6) is 0.104. The summed E-state index contributed by atoms with van der Waals surface area (Å²) in [7, 11) is -0.368. The second-order valence-electron chi connectivity index (χ2n) is 6.37. The zero-order valence-corrected chi connectivity index (χ0v) is 16.2. The van der Waals surface area contributed by atoms with E-state index in [1.54, 1.807) is 0 Å². The molecule has 0 N–H and O–H groups in total. The van der Waals surface area contributed by atoms with Gasteiger partial charge in [-0.3, -0.25) is 0 Å². The molecule has 0 aromatic heterocycles. The smallest absolute Gasteiger partial charge is 0.144 e. The zero-order chi connectivity index (χ0) is 18.4. The Balaban J connectivity index is 2.17. The maximum absolute atomic E-state index is 10.8. The number of benzene rings is 2. The molecule has 4 nitrogen and oxygen atoms in total. The van der Waals surface area contributed by atoms with E-state index in [0.29, 0.717) is 0 Å². The van der Waals surface area contributed by atoms with Crippen LogP contribution in [0.1, 0.15) is 34.7 Å². The fourth-order valence-electron chi connectivity index (χ4n) is 2.56. The van der Waals surface area contributed by atoms with Crippen molar-refractivity contribution in [2.24, 2.45) is 4.99 Å². The minimum atomic E-state index is -2.37.